The highest BCUT2D eigenvalue weighted by atomic mass is 16.6. The number of non-ortho nitro benzene ring substituents is 1. The number of hydrogen-bond acceptors (Lipinski definition) is 5. The highest BCUT2D eigenvalue weighted by molar-refractivity contribution is 5.96. The van der Waals surface area contributed by atoms with E-state index < -0.39 is 10.9 Å². The number of hydrogen-bond donors (Lipinski definition) is 2. The molecule has 0 aliphatic rings. The summed E-state index contributed by atoms with van der Waals surface area (Å²) in [6.45, 7) is 2.22. The van der Waals surface area contributed by atoms with Crippen molar-refractivity contribution in [1.29, 1.82) is 0 Å². The van der Waals surface area contributed by atoms with E-state index in [0.717, 1.165) is 6.07 Å². The maximum atomic E-state index is 11.5. The van der Waals surface area contributed by atoms with Crippen molar-refractivity contribution in [2.45, 2.75) is 13.3 Å². The number of nitrogens with one attached hydrogen (secondary N) is 1. The fourth-order valence-corrected chi connectivity index (χ4v) is 1.88. The zero-order valence-corrected chi connectivity index (χ0v) is 11.8. The summed E-state index contributed by atoms with van der Waals surface area (Å²) >= 11 is 0. The molecule has 0 saturated carbocycles. The molecule has 0 aromatic heterocycles. The lowest BCUT2D eigenvalue weighted by molar-refractivity contribution is -0.384. The molecule has 0 unspecified atom stereocenters. The SMILES string of the molecule is CCCN(CC(=O)NC)c1cc([N+](=O)[O-])ccc1C(=O)O. The molecule has 1 amide bonds. The molecule has 8 heteroatoms. The summed E-state index contributed by atoms with van der Waals surface area (Å²) in [5, 5.41) is 22.5. The highest BCUT2D eigenvalue weighted by Crippen LogP contribution is 2.26. The fourth-order valence-electron chi connectivity index (χ4n) is 1.88. The van der Waals surface area contributed by atoms with Gasteiger partial charge in [0.15, 0.2) is 0 Å². The number of nitro groups is 1. The van der Waals surface area contributed by atoms with Crippen LogP contribution in [0.5, 0.6) is 0 Å². The zero-order valence-electron chi connectivity index (χ0n) is 11.8. The number of anilines is 1. The van der Waals surface area contributed by atoms with Crippen LogP contribution in [0.3, 0.4) is 0 Å². The lowest BCUT2D eigenvalue weighted by Crippen LogP contribution is -2.37. The topological polar surface area (TPSA) is 113 Å². The van der Waals surface area contributed by atoms with Crippen molar-refractivity contribution in [3.63, 3.8) is 0 Å². The lowest BCUT2D eigenvalue weighted by atomic mass is 10.1. The van der Waals surface area contributed by atoms with Crippen LogP contribution in [0.1, 0.15) is 23.7 Å². The van der Waals surface area contributed by atoms with Crippen molar-refractivity contribution in [2.75, 3.05) is 25.0 Å². The Bertz CT molecular complexity index is 559. The molecule has 1 rings (SSSR count). The molecule has 0 bridgehead atoms. The molecule has 0 heterocycles. The minimum absolute atomic E-state index is 0.0637. The van der Waals surface area contributed by atoms with Gasteiger partial charge in [-0.2, -0.15) is 0 Å². The molecular formula is C13H17N3O5. The van der Waals surface area contributed by atoms with Gasteiger partial charge in [0.2, 0.25) is 5.91 Å². The Morgan fingerprint density at radius 3 is 2.57 bits per heavy atom. The largest absolute Gasteiger partial charge is 0.478 e. The van der Waals surface area contributed by atoms with Crippen LogP contribution in [0, 0.1) is 10.1 Å². The average Bonchev–Trinajstić information content (AvgIpc) is 2.45. The van der Waals surface area contributed by atoms with Gasteiger partial charge in [-0.25, -0.2) is 4.79 Å². The molecule has 0 radical (unpaired) electrons. The van der Waals surface area contributed by atoms with Crippen molar-refractivity contribution in [1.82, 2.24) is 5.32 Å². The molecule has 21 heavy (non-hydrogen) atoms. The van der Waals surface area contributed by atoms with Gasteiger partial charge in [0, 0.05) is 25.7 Å². The van der Waals surface area contributed by atoms with Gasteiger partial charge in [-0.1, -0.05) is 6.92 Å². The second-order valence-corrected chi connectivity index (χ2v) is 4.36. The van der Waals surface area contributed by atoms with E-state index in [0.29, 0.717) is 13.0 Å². The first kappa shape index (κ1) is 16.4. The molecule has 1 aromatic carbocycles. The van der Waals surface area contributed by atoms with Crippen molar-refractivity contribution in [3.8, 4) is 0 Å². The van der Waals surface area contributed by atoms with Crippen LogP contribution >= 0.6 is 0 Å². The second-order valence-electron chi connectivity index (χ2n) is 4.36. The Hall–Kier alpha value is -2.64. The fraction of sp³-hybridized carbons (Fsp3) is 0.385. The molecule has 1 aromatic rings. The van der Waals surface area contributed by atoms with Gasteiger partial charge in [-0.05, 0) is 12.5 Å². The zero-order chi connectivity index (χ0) is 16.0. The molecule has 0 fully saturated rings. The normalized spacial score (nSPS) is 10.0. The minimum atomic E-state index is -1.20. The Morgan fingerprint density at radius 1 is 1.43 bits per heavy atom. The predicted molar refractivity (Wildman–Crippen MR) is 76.6 cm³/mol. The Kier molecular flexibility index (Phi) is 5.65. The van der Waals surface area contributed by atoms with Gasteiger partial charge >= 0.3 is 5.97 Å². The molecule has 0 spiro atoms. The summed E-state index contributed by atoms with van der Waals surface area (Å²) in [5.41, 5.74) is -0.117. The monoisotopic (exact) mass is 295 g/mol. The van der Waals surface area contributed by atoms with E-state index in [2.05, 4.69) is 5.32 Å². The van der Waals surface area contributed by atoms with Gasteiger partial charge in [0.25, 0.3) is 5.69 Å². The van der Waals surface area contributed by atoms with Crippen LogP contribution < -0.4 is 10.2 Å². The number of rotatable bonds is 7. The van der Waals surface area contributed by atoms with E-state index >= 15 is 0 Å². The van der Waals surface area contributed by atoms with Gasteiger partial charge in [-0.3, -0.25) is 14.9 Å². The summed E-state index contributed by atoms with van der Waals surface area (Å²) in [7, 11) is 1.47. The minimum Gasteiger partial charge on any atom is -0.478 e. The van der Waals surface area contributed by atoms with Crippen molar-refractivity contribution in [2.24, 2.45) is 0 Å². The summed E-state index contributed by atoms with van der Waals surface area (Å²) < 4.78 is 0. The van der Waals surface area contributed by atoms with Crippen molar-refractivity contribution < 1.29 is 19.6 Å². The number of carbonyl (C=O) groups excluding carboxylic acids is 1. The van der Waals surface area contributed by atoms with Crippen LogP contribution in [-0.4, -0.2) is 42.0 Å². The van der Waals surface area contributed by atoms with E-state index in [1.165, 1.54) is 24.1 Å². The molecular weight excluding hydrogens is 278 g/mol. The van der Waals surface area contributed by atoms with E-state index in [1.807, 2.05) is 6.92 Å². The van der Waals surface area contributed by atoms with Gasteiger partial charge in [0.1, 0.15) is 0 Å². The number of carboxylic acid groups (broad SMARTS) is 1. The Morgan fingerprint density at radius 2 is 2.10 bits per heavy atom. The van der Waals surface area contributed by atoms with Crippen LogP contribution in [0.4, 0.5) is 11.4 Å². The van der Waals surface area contributed by atoms with E-state index in [9.17, 15) is 24.8 Å². The quantitative estimate of drug-likeness (QED) is 0.578. The van der Waals surface area contributed by atoms with E-state index in [1.54, 1.807) is 0 Å². The molecule has 0 atom stereocenters. The maximum Gasteiger partial charge on any atom is 0.337 e. The first-order valence-corrected chi connectivity index (χ1v) is 6.38. The number of carboxylic acids is 1. The standard InChI is InChI=1S/C13H17N3O5/c1-3-6-15(8-12(17)14-2)11-7-9(16(20)21)4-5-10(11)13(18)19/h4-5,7H,3,6,8H2,1-2H3,(H,14,17)(H,18,19). The van der Waals surface area contributed by atoms with Gasteiger partial charge in [-0.15, -0.1) is 0 Å². The number of nitrogens with zero attached hydrogens (tertiary/aromatic N) is 2. The van der Waals surface area contributed by atoms with Crippen LogP contribution in [-0.2, 0) is 4.79 Å². The molecule has 0 aliphatic heterocycles. The third-order valence-corrected chi connectivity index (χ3v) is 2.87. The molecule has 0 aliphatic carbocycles. The van der Waals surface area contributed by atoms with E-state index in [-0.39, 0.29) is 29.4 Å². The van der Waals surface area contributed by atoms with Crippen LogP contribution in [0.15, 0.2) is 18.2 Å². The first-order chi connectivity index (χ1) is 9.90. The van der Waals surface area contributed by atoms with Crippen LogP contribution in [0.25, 0.3) is 0 Å². The lowest BCUT2D eigenvalue weighted by Gasteiger charge is -2.24. The smallest absolute Gasteiger partial charge is 0.337 e. The number of likely N-dealkylation sites (N-methyl/N-ethyl adjacent to an activating group) is 1. The van der Waals surface area contributed by atoms with E-state index in [4.69, 9.17) is 0 Å². The number of nitro benzene ring substituents is 1. The molecule has 114 valence electrons. The average molecular weight is 295 g/mol. The predicted octanol–water partition coefficient (Wildman–Crippen LogP) is 1.26. The number of benzene rings is 1. The number of aromatic carboxylic acids is 1. The third-order valence-electron chi connectivity index (χ3n) is 2.87. The van der Waals surface area contributed by atoms with Gasteiger partial charge < -0.3 is 15.3 Å². The van der Waals surface area contributed by atoms with Crippen molar-refractivity contribution in [3.05, 3.63) is 33.9 Å². The first-order valence-electron chi connectivity index (χ1n) is 6.38. The highest BCUT2D eigenvalue weighted by Gasteiger charge is 2.21. The Labute approximate surface area is 121 Å². The third kappa shape index (κ3) is 4.16. The summed E-state index contributed by atoms with van der Waals surface area (Å²) in [6, 6.07) is 3.50. The molecule has 8 nitrogen and oxygen atoms in total. The van der Waals surface area contributed by atoms with Gasteiger partial charge in [0.05, 0.1) is 22.7 Å². The molecule has 0 saturated heterocycles. The van der Waals surface area contributed by atoms with Crippen LogP contribution in [0.2, 0.25) is 0 Å². The Balaban J connectivity index is 3.30. The number of amides is 1. The maximum absolute atomic E-state index is 11.5. The molecule has 2 N–H and O–H groups in total. The van der Waals surface area contributed by atoms with Crippen molar-refractivity contribution >= 4 is 23.3 Å². The number of carbonyl (C=O) groups is 2. The summed E-state index contributed by atoms with van der Waals surface area (Å²) in [4.78, 5) is 34.6. The summed E-state index contributed by atoms with van der Waals surface area (Å²) in [5.74, 6) is -1.50. The second kappa shape index (κ2) is 7.22. The summed E-state index contributed by atoms with van der Waals surface area (Å²) in [6.07, 6.45) is 0.665.